The molecule has 1 aliphatic rings. The Balaban J connectivity index is 2.40. The number of rotatable bonds is 3. The second-order valence-electron chi connectivity index (χ2n) is 5.25. The molecule has 2 heterocycles. The van der Waals surface area contributed by atoms with Gasteiger partial charge in [0.15, 0.2) is 5.76 Å². The van der Waals surface area contributed by atoms with Gasteiger partial charge < -0.3 is 10.3 Å². The Hall–Kier alpha value is -1.41. The molecule has 1 aliphatic heterocycles. The molecule has 112 valence electrons. The van der Waals surface area contributed by atoms with Gasteiger partial charge in [-0.2, -0.15) is 4.31 Å². The zero-order chi connectivity index (χ0) is 15.1. The number of aromatic nitrogens is 1. The first-order valence-electron chi connectivity index (χ1n) is 6.49. The molecule has 1 aromatic heterocycles. The number of carbonyl (C=O) groups excluding carboxylic acids is 1. The van der Waals surface area contributed by atoms with E-state index in [1.807, 2.05) is 6.92 Å². The number of piperidine rings is 1. The van der Waals surface area contributed by atoms with Crippen LogP contribution in [0.3, 0.4) is 0 Å². The molecule has 0 spiro atoms. The molecule has 0 radical (unpaired) electrons. The number of sulfonamides is 1. The summed E-state index contributed by atoms with van der Waals surface area (Å²) in [4.78, 5) is 11.4. The van der Waals surface area contributed by atoms with Gasteiger partial charge in [-0.3, -0.25) is 4.79 Å². The summed E-state index contributed by atoms with van der Waals surface area (Å²) in [5.41, 5.74) is 5.63. The van der Waals surface area contributed by atoms with Crippen molar-refractivity contribution in [3.8, 4) is 0 Å². The summed E-state index contributed by atoms with van der Waals surface area (Å²) in [6, 6.07) is -0.177. The fraction of sp³-hybridized carbons (Fsp3) is 0.667. The second kappa shape index (κ2) is 5.17. The standard InChI is InChI=1S/C12H19N3O4S/c1-7-4-5-10(12(13)16)6-15(7)20(17,18)11-8(2)14-19-9(11)3/h7,10H,4-6H2,1-3H3,(H2,13,16). The molecule has 0 aliphatic carbocycles. The lowest BCUT2D eigenvalue weighted by Gasteiger charge is -2.35. The van der Waals surface area contributed by atoms with Gasteiger partial charge in [0.1, 0.15) is 10.6 Å². The molecule has 2 unspecified atom stereocenters. The van der Waals surface area contributed by atoms with Gasteiger partial charge in [-0.25, -0.2) is 8.42 Å². The number of nitrogens with zero attached hydrogens (tertiary/aromatic N) is 2. The van der Waals surface area contributed by atoms with E-state index in [1.165, 1.54) is 4.31 Å². The van der Waals surface area contributed by atoms with E-state index < -0.39 is 21.8 Å². The van der Waals surface area contributed by atoms with Crippen molar-refractivity contribution in [1.82, 2.24) is 9.46 Å². The van der Waals surface area contributed by atoms with Crippen LogP contribution in [0.1, 0.15) is 31.2 Å². The van der Waals surface area contributed by atoms with E-state index in [9.17, 15) is 13.2 Å². The van der Waals surface area contributed by atoms with Gasteiger partial charge >= 0.3 is 0 Å². The molecular weight excluding hydrogens is 282 g/mol. The van der Waals surface area contributed by atoms with Crippen molar-refractivity contribution < 1.29 is 17.7 Å². The van der Waals surface area contributed by atoms with Crippen molar-refractivity contribution in [3.63, 3.8) is 0 Å². The Kier molecular flexibility index (Phi) is 3.88. The van der Waals surface area contributed by atoms with E-state index in [2.05, 4.69) is 5.16 Å². The summed E-state index contributed by atoms with van der Waals surface area (Å²) in [7, 11) is -3.73. The lowest BCUT2D eigenvalue weighted by molar-refractivity contribution is -0.123. The molecule has 2 rings (SSSR count). The third kappa shape index (κ3) is 2.45. The van der Waals surface area contributed by atoms with Crippen molar-refractivity contribution in [1.29, 1.82) is 0 Å². The molecule has 1 saturated heterocycles. The highest BCUT2D eigenvalue weighted by atomic mass is 32.2. The maximum atomic E-state index is 12.7. The molecule has 2 N–H and O–H groups in total. The monoisotopic (exact) mass is 301 g/mol. The van der Waals surface area contributed by atoms with Crippen LogP contribution in [0, 0.1) is 19.8 Å². The van der Waals surface area contributed by atoms with Crippen LogP contribution < -0.4 is 5.73 Å². The number of hydrogen-bond acceptors (Lipinski definition) is 5. The predicted molar refractivity (Wildman–Crippen MR) is 71.2 cm³/mol. The zero-order valence-corrected chi connectivity index (χ0v) is 12.6. The highest BCUT2D eigenvalue weighted by molar-refractivity contribution is 7.89. The first kappa shape index (κ1) is 15.0. The summed E-state index contributed by atoms with van der Waals surface area (Å²) < 4.78 is 31.8. The van der Waals surface area contributed by atoms with E-state index in [-0.39, 0.29) is 23.2 Å². The highest BCUT2D eigenvalue weighted by Crippen LogP contribution is 2.30. The smallest absolute Gasteiger partial charge is 0.248 e. The summed E-state index contributed by atoms with van der Waals surface area (Å²) in [5.74, 6) is -0.645. The largest absolute Gasteiger partial charge is 0.369 e. The predicted octanol–water partition coefficient (Wildman–Crippen LogP) is 0.566. The molecule has 1 fully saturated rings. The van der Waals surface area contributed by atoms with Crippen LogP contribution in [-0.4, -0.2) is 36.4 Å². The van der Waals surface area contributed by atoms with E-state index >= 15 is 0 Å². The first-order valence-corrected chi connectivity index (χ1v) is 7.93. The maximum Gasteiger partial charge on any atom is 0.248 e. The molecule has 20 heavy (non-hydrogen) atoms. The van der Waals surface area contributed by atoms with Gasteiger partial charge in [-0.05, 0) is 33.6 Å². The number of hydrogen-bond donors (Lipinski definition) is 1. The third-order valence-corrected chi connectivity index (χ3v) is 5.99. The van der Waals surface area contributed by atoms with Gasteiger partial charge in [0.05, 0.1) is 5.92 Å². The minimum Gasteiger partial charge on any atom is -0.369 e. The van der Waals surface area contributed by atoms with Crippen molar-refractivity contribution in [2.75, 3.05) is 6.54 Å². The number of aryl methyl sites for hydroxylation is 2. The minimum absolute atomic E-state index is 0.0921. The molecular formula is C12H19N3O4S. The molecule has 8 heteroatoms. The van der Waals surface area contributed by atoms with Crippen molar-refractivity contribution in [2.45, 2.75) is 44.6 Å². The topological polar surface area (TPSA) is 106 Å². The molecule has 0 aromatic carbocycles. The molecule has 1 aromatic rings. The normalized spacial score (nSPS) is 24.8. The van der Waals surface area contributed by atoms with Crippen LogP contribution in [0.25, 0.3) is 0 Å². The number of nitrogens with two attached hydrogens (primary N) is 1. The van der Waals surface area contributed by atoms with Gasteiger partial charge in [0.25, 0.3) is 0 Å². The zero-order valence-electron chi connectivity index (χ0n) is 11.8. The Morgan fingerprint density at radius 2 is 2.05 bits per heavy atom. The molecule has 0 bridgehead atoms. The van der Waals surface area contributed by atoms with E-state index in [1.54, 1.807) is 13.8 Å². The van der Waals surface area contributed by atoms with Crippen LogP contribution in [-0.2, 0) is 14.8 Å². The van der Waals surface area contributed by atoms with Gasteiger partial charge in [0, 0.05) is 12.6 Å². The van der Waals surface area contributed by atoms with Crippen LogP contribution in [0.5, 0.6) is 0 Å². The van der Waals surface area contributed by atoms with Crippen LogP contribution in [0.2, 0.25) is 0 Å². The highest BCUT2D eigenvalue weighted by Gasteiger charge is 2.39. The van der Waals surface area contributed by atoms with Crippen LogP contribution in [0.4, 0.5) is 0 Å². The number of amides is 1. The van der Waals surface area contributed by atoms with E-state index in [0.717, 1.165) is 0 Å². The molecule has 1 amide bonds. The fourth-order valence-corrected chi connectivity index (χ4v) is 4.60. The first-order chi connectivity index (χ1) is 9.25. The Labute approximate surface area is 118 Å². The fourth-order valence-electron chi connectivity index (χ4n) is 2.60. The second-order valence-corrected chi connectivity index (χ2v) is 7.08. The van der Waals surface area contributed by atoms with Crippen molar-refractivity contribution >= 4 is 15.9 Å². The minimum atomic E-state index is -3.73. The van der Waals surface area contributed by atoms with Gasteiger partial charge in [-0.1, -0.05) is 5.16 Å². The number of carbonyl (C=O) groups is 1. The lowest BCUT2D eigenvalue weighted by Crippen LogP contribution is -2.48. The summed E-state index contributed by atoms with van der Waals surface area (Å²) in [6.07, 6.45) is 1.22. The molecule has 0 saturated carbocycles. The van der Waals surface area contributed by atoms with Gasteiger partial charge in [0.2, 0.25) is 15.9 Å². The quantitative estimate of drug-likeness (QED) is 0.878. The average Bonchev–Trinajstić information content (AvgIpc) is 2.69. The van der Waals surface area contributed by atoms with Crippen LogP contribution >= 0.6 is 0 Å². The summed E-state index contributed by atoms with van der Waals surface area (Å²) in [6.45, 7) is 5.09. The average molecular weight is 301 g/mol. The molecule has 7 nitrogen and oxygen atoms in total. The Morgan fingerprint density at radius 3 is 2.55 bits per heavy atom. The Bertz CT molecular complexity index is 603. The summed E-state index contributed by atoms with van der Waals surface area (Å²) in [5, 5.41) is 3.68. The van der Waals surface area contributed by atoms with Crippen molar-refractivity contribution in [3.05, 3.63) is 11.5 Å². The number of primary amides is 1. The lowest BCUT2D eigenvalue weighted by atomic mass is 9.95. The summed E-state index contributed by atoms with van der Waals surface area (Å²) >= 11 is 0. The Morgan fingerprint density at radius 1 is 1.40 bits per heavy atom. The molecule has 2 atom stereocenters. The van der Waals surface area contributed by atoms with E-state index in [4.69, 9.17) is 10.3 Å². The van der Waals surface area contributed by atoms with E-state index in [0.29, 0.717) is 18.5 Å². The van der Waals surface area contributed by atoms with Crippen molar-refractivity contribution in [2.24, 2.45) is 11.7 Å². The SMILES string of the molecule is Cc1noc(C)c1S(=O)(=O)N1CC(C(N)=O)CCC1C. The van der Waals surface area contributed by atoms with Crippen LogP contribution in [0.15, 0.2) is 9.42 Å². The van der Waals surface area contributed by atoms with Gasteiger partial charge in [-0.15, -0.1) is 0 Å². The third-order valence-electron chi connectivity index (χ3n) is 3.76. The maximum absolute atomic E-state index is 12.7.